The fourth-order valence-electron chi connectivity index (χ4n) is 4.09. The van der Waals surface area contributed by atoms with Crippen molar-refractivity contribution in [2.75, 3.05) is 20.1 Å². The van der Waals surface area contributed by atoms with E-state index in [1.165, 1.54) is 57.8 Å². The van der Waals surface area contributed by atoms with Crippen LogP contribution in [0.3, 0.4) is 0 Å². The Kier molecular flexibility index (Phi) is 8.56. The first-order valence-electron chi connectivity index (χ1n) is 9.92. The Balaban J connectivity index is 1.96. The van der Waals surface area contributed by atoms with Crippen LogP contribution in [0.1, 0.15) is 64.7 Å². The number of nitrogens with zero attached hydrogens (tertiary/aromatic N) is 1. The van der Waals surface area contributed by atoms with Crippen LogP contribution in [0, 0.1) is 11.8 Å². The highest BCUT2D eigenvalue weighted by molar-refractivity contribution is 5.62. The van der Waals surface area contributed by atoms with E-state index in [0.29, 0.717) is 17.9 Å². The molecule has 0 saturated heterocycles. The van der Waals surface area contributed by atoms with Gasteiger partial charge in [0.2, 0.25) is 0 Å². The maximum absolute atomic E-state index is 6.53. The smallest absolute Gasteiger partial charge is 0.0540 e. The molecule has 1 aliphatic carbocycles. The van der Waals surface area contributed by atoms with Gasteiger partial charge in [0.05, 0.1) is 6.54 Å². The Morgan fingerprint density at radius 1 is 1.26 bits per heavy atom. The quantitative estimate of drug-likeness (QED) is 0.513. The van der Waals surface area contributed by atoms with Gasteiger partial charge < -0.3 is 16.4 Å². The van der Waals surface area contributed by atoms with Crippen LogP contribution in [0.4, 0.5) is 0 Å². The number of aliphatic imine (C=N–C) groups is 1. The topological polar surface area (TPSA) is 62.4 Å². The average molecular weight is 323 g/mol. The predicted molar refractivity (Wildman–Crippen MR) is 100 cm³/mol. The van der Waals surface area contributed by atoms with Crippen molar-refractivity contribution in [1.29, 1.82) is 0 Å². The van der Waals surface area contributed by atoms with E-state index in [9.17, 15) is 0 Å². The Morgan fingerprint density at radius 2 is 2.09 bits per heavy atom. The lowest BCUT2D eigenvalue weighted by molar-refractivity contribution is 0.187. The normalized spacial score (nSPS) is 29.4. The minimum atomic E-state index is 0.214. The molecule has 134 valence electrons. The molecular formula is C19H38N4. The van der Waals surface area contributed by atoms with Crippen LogP contribution < -0.4 is 16.4 Å². The number of nitrogens with two attached hydrogens (primary N) is 1. The third-order valence-corrected chi connectivity index (χ3v) is 5.72. The molecule has 4 unspecified atom stereocenters. The maximum Gasteiger partial charge on any atom is 0.0540 e. The Hall–Kier alpha value is -0.450. The number of unbranched alkanes of at least 4 members (excludes halogenated alkanes) is 3. The van der Waals surface area contributed by atoms with Gasteiger partial charge in [-0.1, -0.05) is 39.0 Å². The molecule has 0 amide bonds. The van der Waals surface area contributed by atoms with Gasteiger partial charge in [-0.15, -0.1) is 0 Å². The van der Waals surface area contributed by atoms with Gasteiger partial charge in [0.15, 0.2) is 0 Å². The molecule has 2 aliphatic rings. The maximum atomic E-state index is 6.53. The predicted octanol–water partition coefficient (Wildman–Crippen LogP) is 2.72. The minimum Gasteiger partial charge on any atom is -0.326 e. The molecule has 0 spiro atoms. The summed E-state index contributed by atoms with van der Waals surface area (Å²) in [6.45, 7) is 4.14. The zero-order valence-corrected chi connectivity index (χ0v) is 15.3. The summed E-state index contributed by atoms with van der Waals surface area (Å²) in [6, 6.07) is 1.47. The van der Waals surface area contributed by atoms with Gasteiger partial charge in [-0.3, -0.25) is 4.99 Å². The van der Waals surface area contributed by atoms with Crippen LogP contribution in [0.15, 0.2) is 4.99 Å². The molecule has 4 heteroatoms. The van der Waals surface area contributed by atoms with Gasteiger partial charge in [0.25, 0.3) is 0 Å². The molecule has 0 aromatic heterocycles. The molecule has 1 aliphatic heterocycles. The van der Waals surface area contributed by atoms with Crippen molar-refractivity contribution >= 4 is 6.21 Å². The second-order valence-electron chi connectivity index (χ2n) is 7.56. The molecule has 4 N–H and O–H groups in total. The van der Waals surface area contributed by atoms with E-state index in [0.717, 1.165) is 19.1 Å². The highest BCUT2D eigenvalue weighted by atomic mass is 15.0. The molecule has 0 aromatic rings. The number of nitrogens with one attached hydrogen (secondary N) is 2. The first-order valence-corrected chi connectivity index (χ1v) is 9.92. The van der Waals surface area contributed by atoms with Gasteiger partial charge in [-0.2, -0.15) is 0 Å². The summed E-state index contributed by atoms with van der Waals surface area (Å²) >= 11 is 0. The lowest BCUT2D eigenvalue weighted by Crippen LogP contribution is -2.56. The largest absolute Gasteiger partial charge is 0.326 e. The van der Waals surface area contributed by atoms with Crippen LogP contribution in [0.25, 0.3) is 0 Å². The number of hydrogen-bond acceptors (Lipinski definition) is 4. The minimum absolute atomic E-state index is 0.214. The molecule has 1 saturated carbocycles. The first kappa shape index (κ1) is 18.9. The van der Waals surface area contributed by atoms with E-state index in [2.05, 4.69) is 28.8 Å². The number of hydrogen-bond donors (Lipinski definition) is 3. The van der Waals surface area contributed by atoms with Crippen LogP contribution in [0.5, 0.6) is 0 Å². The molecule has 1 fully saturated rings. The summed E-state index contributed by atoms with van der Waals surface area (Å²) in [5.74, 6) is 1.10. The van der Waals surface area contributed by atoms with Crippen LogP contribution >= 0.6 is 0 Å². The lowest BCUT2D eigenvalue weighted by atomic mass is 9.75. The fourth-order valence-corrected chi connectivity index (χ4v) is 4.09. The molecule has 4 nitrogen and oxygen atoms in total. The molecule has 4 atom stereocenters. The van der Waals surface area contributed by atoms with E-state index in [4.69, 9.17) is 5.73 Å². The third kappa shape index (κ3) is 5.84. The van der Waals surface area contributed by atoms with Gasteiger partial charge in [-0.05, 0) is 51.1 Å². The Bertz CT molecular complexity index is 340. The van der Waals surface area contributed by atoms with Gasteiger partial charge in [0, 0.05) is 24.3 Å². The molecule has 23 heavy (non-hydrogen) atoms. The van der Waals surface area contributed by atoms with E-state index >= 15 is 0 Å². The molecule has 0 aromatic carbocycles. The van der Waals surface area contributed by atoms with Crippen LogP contribution in [-0.4, -0.2) is 44.5 Å². The zero-order chi connectivity index (χ0) is 16.5. The fraction of sp³-hybridized carbons (Fsp3) is 0.947. The molecular weight excluding hydrogens is 284 g/mol. The van der Waals surface area contributed by atoms with Crippen molar-refractivity contribution in [1.82, 2.24) is 10.6 Å². The van der Waals surface area contributed by atoms with Gasteiger partial charge in [0.1, 0.15) is 0 Å². The summed E-state index contributed by atoms with van der Waals surface area (Å²) < 4.78 is 0. The van der Waals surface area contributed by atoms with E-state index in [1.54, 1.807) is 0 Å². The Morgan fingerprint density at radius 3 is 2.74 bits per heavy atom. The van der Waals surface area contributed by atoms with Crippen molar-refractivity contribution in [3.63, 3.8) is 0 Å². The van der Waals surface area contributed by atoms with E-state index < -0.39 is 0 Å². The molecule has 0 radical (unpaired) electrons. The van der Waals surface area contributed by atoms with Crippen LogP contribution in [-0.2, 0) is 0 Å². The summed E-state index contributed by atoms with van der Waals surface area (Å²) in [7, 11) is 2.05. The summed E-state index contributed by atoms with van der Waals surface area (Å²) in [4.78, 5) is 4.57. The van der Waals surface area contributed by atoms with Crippen molar-refractivity contribution in [3.8, 4) is 0 Å². The summed E-state index contributed by atoms with van der Waals surface area (Å²) in [5, 5.41) is 7.26. The van der Waals surface area contributed by atoms with Crippen molar-refractivity contribution in [2.24, 2.45) is 22.6 Å². The standard InChI is InChI=1S/C19H38N4/c1-3-4-5-6-8-15-13-22-14-17(20)19(15)18(11-12-21-2)23-16-9-7-10-16/h13,15-19,21,23H,3-12,14,20H2,1-2H3. The van der Waals surface area contributed by atoms with Crippen molar-refractivity contribution in [3.05, 3.63) is 0 Å². The zero-order valence-electron chi connectivity index (χ0n) is 15.3. The van der Waals surface area contributed by atoms with Crippen molar-refractivity contribution < 1.29 is 0 Å². The van der Waals surface area contributed by atoms with E-state index in [-0.39, 0.29) is 6.04 Å². The molecule has 1 heterocycles. The van der Waals surface area contributed by atoms with Gasteiger partial charge >= 0.3 is 0 Å². The lowest BCUT2D eigenvalue weighted by Gasteiger charge is -2.42. The van der Waals surface area contributed by atoms with Gasteiger partial charge in [-0.25, -0.2) is 0 Å². The third-order valence-electron chi connectivity index (χ3n) is 5.72. The molecule has 2 rings (SSSR count). The number of rotatable bonds is 11. The van der Waals surface area contributed by atoms with E-state index in [1.807, 2.05) is 7.05 Å². The second-order valence-corrected chi connectivity index (χ2v) is 7.56. The van der Waals surface area contributed by atoms with Crippen LogP contribution in [0.2, 0.25) is 0 Å². The SMILES string of the molecule is CCCCCCC1C=NCC(N)C1C(CCNC)NC1CCC1. The monoisotopic (exact) mass is 322 g/mol. The first-order chi connectivity index (χ1) is 11.3. The average Bonchev–Trinajstić information content (AvgIpc) is 2.51. The Labute approximate surface area is 143 Å². The second kappa shape index (κ2) is 10.4. The highest BCUT2D eigenvalue weighted by Crippen LogP contribution is 2.30. The van der Waals surface area contributed by atoms with Crippen molar-refractivity contribution in [2.45, 2.75) is 82.8 Å². The highest BCUT2D eigenvalue weighted by Gasteiger charge is 2.36. The summed E-state index contributed by atoms with van der Waals surface area (Å²) in [6.07, 6.45) is 14.0. The summed E-state index contributed by atoms with van der Waals surface area (Å²) in [5.41, 5.74) is 6.53. The molecule has 0 bridgehead atoms.